The van der Waals surface area contributed by atoms with E-state index in [-0.39, 0.29) is 12.4 Å². The minimum atomic E-state index is 0. The molecule has 1 saturated heterocycles. The van der Waals surface area contributed by atoms with E-state index in [1.54, 1.807) is 0 Å². The van der Waals surface area contributed by atoms with E-state index in [4.69, 9.17) is 5.73 Å². The zero-order chi connectivity index (χ0) is 10.8. The smallest absolute Gasteiger partial charge is 0.0663 e. The highest BCUT2D eigenvalue weighted by Gasteiger charge is 2.18. The van der Waals surface area contributed by atoms with Crippen molar-refractivity contribution in [3.63, 3.8) is 0 Å². The van der Waals surface area contributed by atoms with E-state index in [9.17, 15) is 0 Å². The summed E-state index contributed by atoms with van der Waals surface area (Å²) < 4.78 is 3.03. The van der Waals surface area contributed by atoms with Crippen LogP contribution in [0.2, 0.25) is 0 Å². The third-order valence-corrected chi connectivity index (χ3v) is 3.68. The Morgan fingerprint density at radius 1 is 1.50 bits per heavy atom. The van der Waals surface area contributed by atoms with E-state index < -0.39 is 0 Å². The Balaban J connectivity index is 0.00000128. The zero-order valence-electron chi connectivity index (χ0n) is 9.40. The lowest BCUT2D eigenvalue weighted by Crippen LogP contribution is -2.39. The predicted molar refractivity (Wildman–Crippen MR) is 70.6 cm³/mol. The van der Waals surface area contributed by atoms with E-state index in [1.165, 1.54) is 5.69 Å². The van der Waals surface area contributed by atoms with E-state index in [0.717, 1.165) is 36.9 Å². The van der Waals surface area contributed by atoms with Gasteiger partial charge in [0.15, 0.2) is 0 Å². The summed E-state index contributed by atoms with van der Waals surface area (Å²) in [7, 11) is 1.98. The van der Waals surface area contributed by atoms with Crippen molar-refractivity contribution in [2.75, 3.05) is 13.1 Å². The highest BCUT2D eigenvalue weighted by Crippen LogP contribution is 2.19. The van der Waals surface area contributed by atoms with Crippen LogP contribution >= 0.6 is 28.3 Å². The number of aryl methyl sites for hydroxylation is 1. The molecule has 0 aromatic carbocycles. The first-order chi connectivity index (χ1) is 7.16. The van der Waals surface area contributed by atoms with E-state index in [2.05, 4.69) is 25.9 Å². The van der Waals surface area contributed by atoms with Crippen LogP contribution in [0.5, 0.6) is 0 Å². The Morgan fingerprint density at radius 3 is 2.62 bits per heavy atom. The number of halogens is 2. The van der Waals surface area contributed by atoms with Gasteiger partial charge in [-0.05, 0) is 28.8 Å². The second-order valence-corrected chi connectivity index (χ2v) is 5.03. The van der Waals surface area contributed by atoms with Crippen molar-refractivity contribution in [3.05, 3.63) is 16.4 Å². The maximum Gasteiger partial charge on any atom is 0.0663 e. The van der Waals surface area contributed by atoms with Crippen LogP contribution in [0.15, 0.2) is 10.7 Å². The molecule has 0 unspecified atom stereocenters. The lowest BCUT2D eigenvalue weighted by Gasteiger charge is -2.29. The Kier molecular flexibility index (Phi) is 5.24. The van der Waals surface area contributed by atoms with Crippen LogP contribution in [0.1, 0.15) is 18.5 Å². The molecule has 0 spiro atoms. The van der Waals surface area contributed by atoms with Crippen LogP contribution in [-0.4, -0.2) is 33.8 Å². The highest BCUT2D eigenvalue weighted by atomic mass is 79.9. The van der Waals surface area contributed by atoms with Crippen molar-refractivity contribution in [1.82, 2.24) is 14.7 Å². The summed E-state index contributed by atoms with van der Waals surface area (Å²) in [5, 5.41) is 4.22. The fourth-order valence-corrected chi connectivity index (χ4v) is 2.41. The van der Waals surface area contributed by atoms with Gasteiger partial charge in [0.25, 0.3) is 0 Å². The summed E-state index contributed by atoms with van der Waals surface area (Å²) in [6.45, 7) is 3.15. The molecule has 4 nitrogen and oxygen atoms in total. The number of likely N-dealkylation sites (tertiary alicyclic amines) is 1. The molecule has 1 aliphatic rings. The first-order valence-corrected chi connectivity index (χ1v) is 6.10. The van der Waals surface area contributed by atoms with Crippen LogP contribution in [0.4, 0.5) is 0 Å². The SMILES string of the molecule is Cl.Cn1ncc(Br)c1CN1CCC(N)CC1. The Bertz CT molecular complexity index is 314. The van der Waals surface area contributed by atoms with Crippen molar-refractivity contribution < 1.29 is 0 Å². The third-order valence-electron chi connectivity index (χ3n) is 3.02. The molecule has 0 aliphatic carbocycles. The van der Waals surface area contributed by atoms with Gasteiger partial charge in [-0.25, -0.2) is 0 Å². The topological polar surface area (TPSA) is 47.1 Å². The summed E-state index contributed by atoms with van der Waals surface area (Å²) in [4.78, 5) is 2.44. The fraction of sp³-hybridized carbons (Fsp3) is 0.700. The van der Waals surface area contributed by atoms with Gasteiger partial charge in [0, 0.05) is 32.7 Å². The average molecular weight is 310 g/mol. The number of piperidine rings is 1. The number of aromatic nitrogens is 2. The molecular weight excluding hydrogens is 291 g/mol. The van der Waals surface area contributed by atoms with Gasteiger partial charge in [-0.15, -0.1) is 12.4 Å². The number of hydrogen-bond donors (Lipinski definition) is 1. The lowest BCUT2D eigenvalue weighted by molar-refractivity contribution is 0.201. The van der Waals surface area contributed by atoms with Gasteiger partial charge in [-0.1, -0.05) is 0 Å². The second-order valence-electron chi connectivity index (χ2n) is 4.18. The molecule has 2 N–H and O–H groups in total. The second kappa shape index (κ2) is 6.00. The molecule has 1 aromatic heterocycles. The number of rotatable bonds is 2. The minimum absolute atomic E-state index is 0. The van der Waals surface area contributed by atoms with Crippen LogP contribution in [-0.2, 0) is 13.6 Å². The van der Waals surface area contributed by atoms with Crippen molar-refractivity contribution in [2.45, 2.75) is 25.4 Å². The maximum atomic E-state index is 5.88. The van der Waals surface area contributed by atoms with Gasteiger partial charge in [0.2, 0.25) is 0 Å². The molecule has 1 fully saturated rings. The molecule has 0 atom stereocenters. The van der Waals surface area contributed by atoms with Crippen LogP contribution in [0, 0.1) is 0 Å². The molecule has 0 amide bonds. The molecule has 2 rings (SSSR count). The monoisotopic (exact) mass is 308 g/mol. The Morgan fingerprint density at radius 2 is 2.12 bits per heavy atom. The van der Waals surface area contributed by atoms with Crippen molar-refractivity contribution in [3.8, 4) is 0 Å². The standard InChI is InChI=1S/C10H17BrN4.ClH/c1-14-10(9(11)6-13-14)7-15-4-2-8(12)3-5-15;/h6,8H,2-5,7,12H2,1H3;1H. The van der Waals surface area contributed by atoms with Crippen LogP contribution in [0.3, 0.4) is 0 Å². The van der Waals surface area contributed by atoms with E-state index >= 15 is 0 Å². The van der Waals surface area contributed by atoms with E-state index in [1.807, 2.05) is 17.9 Å². The molecule has 0 saturated carbocycles. The quantitative estimate of drug-likeness (QED) is 0.901. The van der Waals surface area contributed by atoms with Gasteiger partial charge in [0.1, 0.15) is 0 Å². The van der Waals surface area contributed by atoms with Crippen molar-refractivity contribution >= 4 is 28.3 Å². The van der Waals surface area contributed by atoms with Gasteiger partial charge < -0.3 is 5.73 Å². The molecule has 16 heavy (non-hydrogen) atoms. The molecule has 1 aromatic rings. The van der Waals surface area contributed by atoms with Crippen LogP contribution in [0.25, 0.3) is 0 Å². The molecule has 6 heteroatoms. The van der Waals surface area contributed by atoms with Gasteiger partial charge in [-0.2, -0.15) is 5.10 Å². The third kappa shape index (κ3) is 3.20. The summed E-state index contributed by atoms with van der Waals surface area (Å²) in [5.74, 6) is 0. The number of nitrogens with zero attached hydrogens (tertiary/aromatic N) is 3. The number of nitrogens with two attached hydrogens (primary N) is 1. The maximum absolute atomic E-state index is 5.88. The Labute approximate surface area is 111 Å². The van der Waals surface area contributed by atoms with Crippen LogP contribution < -0.4 is 5.73 Å². The molecule has 2 heterocycles. The summed E-state index contributed by atoms with van der Waals surface area (Å²) in [6, 6.07) is 0.399. The molecule has 0 bridgehead atoms. The molecular formula is C10H18BrClN4. The van der Waals surface area contributed by atoms with Gasteiger partial charge in [0.05, 0.1) is 16.4 Å². The predicted octanol–water partition coefficient (Wildman–Crippen LogP) is 1.53. The van der Waals surface area contributed by atoms with Crippen molar-refractivity contribution in [2.24, 2.45) is 12.8 Å². The highest BCUT2D eigenvalue weighted by molar-refractivity contribution is 9.10. The van der Waals surface area contributed by atoms with Gasteiger partial charge >= 0.3 is 0 Å². The van der Waals surface area contributed by atoms with Crippen molar-refractivity contribution in [1.29, 1.82) is 0 Å². The first-order valence-electron chi connectivity index (χ1n) is 5.31. The molecule has 0 radical (unpaired) electrons. The fourth-order valence-electron chi connectivity index (χ4n) is 1.94. The first kappa shape index (κ1) is 14.0. The molecule has 1 aliphatic heterocycles. The normalized spacial score (nSPS) is 18.4. The lowest BCUT2D eigenvalue weighted by atomic mass is 10.1. The summed E-state index contributed by atoms with van der Waals surface area (Å²) >= 11 is 3.52. The summed E-state index contributed by atoms with van der Waals surface area (Å²) in [6.07, 6.45) is 4.07. The molecule has 92 valence electrons. The van der Waals surface area contributed by atoms with E-state index in [0.29, 0.717) is 6.04 Å². The average Bonchev–Trinajstić information content (AvgIpc) is 2.53. The number of hydrogen-bond acceptors (Lipinski definition) is 3. The Hall–Kier alpha value is -0.100. The summed E-state index contributed by atoms with van der Waals surface area (Å²) in [5.41, 5.74) is 7.12. The minimum Gasteiger partial charge on any atom is -0.328 e. The van der Waals surface area contributed by atoms with Gasteiger partial charge in [-0.3, -0.25) is 9.58 Å². The largest absolute Gasteiger partial charge is 0.328 e. The zero-order valence-corrected chi connectivity index (χ0v) is 11.8.